The minimum atomic E-state index is -0.261. The Morgan fingerprint density at radius 3 is 2.38 bits per heavy atom. The Morgan fingerprint density at radius 1 is 1.03 bits per heavy atom. The van der Waals surface area contributed by atoms with Crippen LogP contribution in [0.1, 0.15) is 29.3 Å². The van der Waals surface area contributed by atoms with Crippen LogP contribution in [0.2, 0.25) is 0 Å². The molecule has 2 aromatic carbocycles. The lowest BCUT2D eigenvalue weighted by atomic mass is 9.63. The van der Waals surface area contributed by atoms with Gasteiger partial charge in [0.1, 0.15) is 0 Å². The highest BCUT2D eigenvalue weighted by atomic mass is 79.9. The highest BCUT2D eigenvalue weighted by Gasteiger charge is 2.67. The number of aryl methyl sites for hydroxylation is 1. The lowest BCUT2D eigenvalue weighted by molar-refractivity contribution is -0.124. The smallest absolute Gasteiger partial charge is 0.255 e. The molecule has 1 saturated heterocycles. The molecule has 1 heterocycles. The molecule has 5 aliphatic rings. The van der Waals surface area contributed by atoms with Crippen molar-refractivity contribution >= 4 is 45.0 Å². The molecule has 2 saturated carbocycles. The van der Waals surface area contributed by atoms with Crippen LogP contribution in [0.4, 0.5) is 11.4 Å². The van der Waals surface area contributed by atoms with Crippen LogP contribution in [-0.2, 0) is 16.0 Å². The molecule has 6 heteroatoms. The van der Waals surface area contributed by atoms with Gasteiger partial charge in [0.25, 0.3) is 5.91 Å². The van der Waals surface area contributed by atoms with Gasteiger partial charge in [-0.15, -0.1) is 0 Å². The Bertz CT molecular complexity index is 1170. The van der Waals surface area contributed by atoms with Crippen molar-refractivity contribution in [2.24, 2.45) is 35.5 Å². The fraction of sp³-hybridized carbons (Fsp3) is 0.346. The first-order valence-corrected chi connectivity index (χ1v) is 12.0. The third kappa shape index (κ3) is 2.85. The second-order valence-corrected chi connectivity index (χ2v) is 10.2. The number of allylic oxidation sites excluding steroid dienone is 2. The first kappa shape index (κ1) is 19.9. The predicted molar refractivity (Wildman–Crippen MR) is 125 cm³/mol. The molecule has 2 aromatic rings. The molecule has 0 unspecified atom stereocenters. The maximum atomic E-state index is 13.4. The number of nitrogens with one attached hydrogen (secondary N) is 1. The van der Waals surface area contributed by atoms with Gasteiger partial charge in [0.05, 0.1) is 17.5 Å². The largest absolute Gasteiger partial charge is 0.322 e. The normalized spacial score (nSPS) is 31.5. The van der Waals surface area contributed by atoms with Crippen LogP contribution in [0.15, 0.2) is 59.1 Å². The number of halogens is 1. The molecule has 32 heavy (non-hydrogen) atoms. The zero-order valence-electron chi connectivity index (χ0n) is 17.6. The zero-order valence-corrected chi connectivity index (χ0v) is 19.2. The van der Waals surface area contributed by atoms with E-state index in [0.29, 0.717) is 23.1 Å². The monoisotopic (exact) mass is 490 g/mol. The maximum Gasteiger partial charge on any atom is 0.255 e. The van der Waals surface area contributed by atoms with E-state index in [1.54, 1.807) is 24.3 Å². The van der Waals surface area contributed by atoms with E-state index < -0.39 is 0 Å². The third-order valence-electron chi connectivity index (χ3n) is 7.73. The van der Waals surface area contributed by atoms with Crippen molar-refractivity contribution < 1.29 is 14.4 Å². The molecular formula is C26H23BrN2O3. The van der Waals surface area contributed by atoms with Crippen LogP contribution in [0, 0.1) is 35.5 Å². The van der Waals surface area contributed by atoms with Gasteiger partial charge in [0, 0.05) is 15.7 Å². The number of anilines is 2. The molecule has 7 rings (SSSR count). The summed E-state index contributed by atoms with van der Waals surface area (Å²) in [7, 11) is 0. The minimum absolute atomic E-state index is 0.108. The van der Waals surface area contributed by atoms with Gasteiger partial charge in [-0.05, 0) is 78.5 Å². The Morgan fingerprint density at radius 2 is 1.72 bits per heavy atom. The Balaban J connectivity index is 1.28. The summed E-state index contributed by atoms with van der Waals surface area (Å²) in [5.74, 6) is 0.551. The summed E-state index contributed by atoms with van der Waals surface area (Å²) in [4.78, 5) is 41.0. The number of carbonyl (C=O) groups excluding carboxylic acids is 3. The topological polar surface area (TPSA) is 66.5 Å². The van der Waals surface area contributed by atoms with E-state index >= 15 is 0 Å². The molecule has 0 radical (unpaired) electrons. The fourth-order valence-corrected chi connectivity index (χ4v) is 6.58. The third-order valence-corrected chi connectivity index (χ3v) is 8.22. The van der Waals surface area contributed by atoms with E-state index in [-0.39, 0.29) is 41.4 Å². The number of hydrogen-bond acceptors (Lipinski definition) is 3. The molecule has 0 spiro atoms. The van der Waals surface area contributed by atoms with Gasteiger partial charge in [0.15, 0.2) is 0 Å². The van der Waals surface area contributed by atoms with E-state index in [2.05, 4.69) is 33.4 Å². The van der Waals surface area contributed by atoms with E-state index in [4.69, 9.17) is 0 Å². The number of carbonyl (C=O) groups is 3. The van der Waals surface area contributed by atoms with Gasteiger partial charge in [-0.2, -0.15) is 0 Å². The summed E-state index contributed by atoms with van der Waals surface area (Å²) in [5, 5.41) is 2.97. The average Bonchev–Trinajstić information content (AvgIpc) is 3.58. The Kier molecular flexibility index (Phi) is 4.44. The summed E-state index contributed by atoms with van der Waals surface area (Å²) >= 11 is 3.47. The minimum Gasteiger partial charge on any atom is -0.322 e. The lowest BCUT2D eigenvalue weighted by Crippen LogP contribution is -2.40. The quantitative estimate of drug-likeness (QED) is 0.493. The second kappa shape index (κ2) is 7.14. The summed E-state index contributed by atoms with van der Waals surface area (Å²) in [6, 6.07) is 12.6. The van der Waals surface area contributed by atoms with Crippen LogP contribution in [0.5, 0.6) is 0 Å². The van der Waals surface area contributed by atoms with Crippen molar-refractivity contribution in [2.75, 3.05) is 10.2 Å². The van der Waals surface area contributed by atoms with E-state index in [0.717, 1.165) is 28.6 Å². The maximum absolute atomic E-state index is 13.4. The highest BCUT2D eigenvalue weighted by molar-refractivity contribution is 9.10. The Hall–Kier alpha value is -2.73. The van der Waals surface area contributed by atoms with Gasteiger partial charge in [-0.1, -0.05) is 41.1 Å². The van der Waals surface area contributed by atoms with Gasteiger partial charge in [0.2, 0.25) is 11.8 Å². The number of rotatable bonds is 4. The molecule has 6 atom stereocenters. The first-order chi connectivity index (χ1) is 15.5. The van der Waals surface area contributed by atoms with Crippen molar-refractivity contribution in [1.29, 1.82) is 0 Å². The SMILES string of the molecule is CCc1cc(Br)ccc1NC(=O)c1cccc(N2C(=O)[C@@H]3[C@H]4C=C[C@@H]([C@@H]5C[C@@H]45)[C@@H]3C2=O)c1. The molecule has 3 fully saturated rings. The molecular weight excluding hydrogens is 468 g/mol. The van der Waals surface area contributed by atoms with Crippen LogP contribution in [0.3, 0.4) is 0 Å². The van der Waals surface area contributed by atoms with Crippen molar-refractivity contribution in [3.05, 3.63) is 70.2 Å². The molecule has 1 aliphatic heterocycles. The van der Waals surface area contributed by atoms with Crippen LogP contribution >= 0.6 is 15.9 Å². The first-order valence-electron chi connectivity index (χ1n) is 11.2. The summed E-state index contributed by atoms with van der Waals surface area (Å²) in [6.45, 7) is 2.04. The molecule has 2 bridgehead atoms. The highest BCUT2D eigenvalue weighted by Crippen LogP contribution is 2.65. The van der Waals surface area contributed by atoms with E-state index in [1.807, 2.05) is 25.1 Å². The average molecular weight is 491 g/mol. The number of hydrogen-bond donors (Lipinski definition) is 1. The zero-order chi connectivity index (χ0) is 22.1. The molecule has 162 valence electrons. The van der Waals surface area contributed by atoms with E-state index in [9.17, 15) is 14.4 Å². The summed E-state index contributed by atoms with van der Waals surface area (Å²) in [6.07, 6.45) is 6.26. The lowest BCUT2D eigenvalue weighted by Gasteiger charge is -2.37. The summed E-state index contributed by atoms with van der Waals surface area (Å²) < 4.78 is 0.961. The van der Waals surface area contributed by atoms with Crippen LogP contribution in [-0.4, -0.2) is 17.7 Å². The molecule has 1 N–H and O–H groups in total. The molecule has 3 amide bonds. The molecule has 4 aliphatic carbocycles. The standard InChI is InChI=1S/C26H23BrN2O3/c1-2-13-10-15(27)6-9-21(13)28-24(30)14-4-3-5-16(11-14)29-25(31)22-17-7-8-18(20-12-19(17)20)23(22)26(29)32/h3-11,17-20,22-23H,2,12H2,1H3,(H,28,30)/t17-,18-,19-,20-,22-,23+/m0/s1. The van der Waals surface area contributed by atoms with Gasteiger partial charge >= 0.3 is 0 Å². The van der Waals surface area contributed by atoms with Gasteiger partial charge in [-0.3, -0.25) is 14.4 Å². The van der Waals surface area contributed by atoms with Crippen LogP contribution in [0.25, 0.3) is 0 Å². The molecule has 5 nitrogen and oxygen atoms in total. The van der Waals surface area contributed by atoms with Crippen LogP contribution < -0.4 is 10.2 Å². The summed E-state index contributed by atoms with van der Waals surface area (Å²) in [5.41, 5.74) is 2.69. The number of amides is 3. The Labute approximate surface area is 195 Å². The number of imide groups is 1. The predicted octanol–water partition coefficient (Wildman–Crippen LogP) is 4.82. The fourth-order valence-electron chi connectivity index (χ4n) is 6.17. The van der Waals surface area contributed by atoms with Crippen molar-refractivity contribution in [3.63, 3.8) is 0 Å². The van der Waals surface area contributed by atoms with Gasteiger partial charge in [-0.25, -0.2) is 4.90 Å². The molecule has 0 aromatic heterocycles. The van der Waals surface area contributed by atoms with E-state index in [1.165, 1.54) is 4.90 Å². The van der Waals surface area contributed by atoms with Gasteiger partial charge < -0.3 is 5.32 Å². The van der Waals surface area contributed by atoms with Crippen molar-refractivity contribution in [3.8, 4) is 0 Å². The number of nitrogens with zero attached hydrogens (tertiary/aromatic N) is 1. The second-order valence-electron chi connectivity index (χ2n) is 9.33. The van der Waals surface area contributed by atoms with Crippen molar-refractivity contribution in [2.45, 2.75) is 19.8 Å². The number of benzene rings is 2. The van der Waals surface area contributed by atoms with Crippen molar-refractivity contribution in [1.82, 2.24) is 0 Å².